The minimum absolute atomic E-state index is 0.183. The standard InChI is InChI=1S/C16H24O2/c1-11-6-7-14(18-5)13(8-11)16(17)10-15(3,4)9-12(16)2/h6-8,12,17H,9-10H2,1-5H3. The van der Waals surface area contributed by atoms with Gasteiger partial charge in [0.05, 0.1) is 12.7 Å². The summed E-state index contributed by atoms with van der Waals surface area (Å²) in [7, 11) is 1.67. The van der Waals surface area contributed by atoms with Gasteiger partial charge in [0.25, 0.3) is 0 Å². The molecular weight excluding hydrogens is 224 g/mol. The highest BCUT2D eigenvalue weighted by molar-refractivity contribution is 5.42. The predicted octanol–water partition coefficient (Wildman–Crippen LogP) is 3.65. The topological polar surface area (TPSA) is 29.5 Å². The van der Waals surface area contributed by atoms with E-state index >= 15 is 0 Å². The Morgan fingerprint density at radius 1 is 1.33 bits per heavy atom. The van der Waals surface area contributed by atoms with Gasteiger partial charge in [-0.15, -0.1) is 0 Å². The Morgan fingerprint density at radius 3 is 2.50 bits per heavy atom. The Morgan fingerprint density at radius 2 is 2.00 bits per heavy atom. The molecule has 1 N–H and O–H groups in total. The summed E-state index contributed by atoms with van der Waals surface area (Å²) in [5, 5.41) is 11.1. The van der Waals surface area contributed by atoms with Crippen LogP contribution in [0.2, 0.25) is 0 Å². The summed E-state index contributed by atoms with van der Waals surface area (Å²) in [5.41, 5.74) is 1.53. The van der Waals surface area contributed by atoms with Gasteiger partial charge in [-0.25, -0.2) is 0 Å². The van der Waals surface area contributed by atoms with Gasteiger partial charge in [-0.2, -0.15) is 0 Å². The zero-order chi connectivity index (χ0) is 13.6. The van der Waals surface area contributed by atoms with E-state index in [1.807, 2.05) is 12.1 Å². The summed E-state index contributed by atoms with van der Waals surface area (Å²) in [6, 6.07) is 6.05. The molecule has 1 aromatic carbocycles. The van der Waals surface area contributed by atoms with Crippen LogP contribution in [0.4, 0.5) is 0 Å². The number of methoxy groups -OCH3 is 1. The van der Waals surface area contributed by atoms with Crippen LogP contribution in [0.25, 0.3) is 0 Å². The lowest BCUT2D eigenvalue weighted by molar-refractivity contribution is -0.00290. The van der Waals surface area contributed by atoms with Gasteiger partial charge in [-0.3, -0.25) is 0 Å². The van der Waals surface area contributed by atoms with Crippen LogP contribution in [0.1, 0.15) is 44.7 Å². The molecule has 1 aliphatic carbocycles. The van der Waals surface area contributed by atoms with E-state index in [1.54, 1.807) is 7.11 Å². The highest BCUT2D eigenvalue weighted by Gasteiger charge is 2.49. The lowest BCUT2D eigenvalue weighted by Gasteiger charge is -2.31. The minimum atomic E-state index is -0.763. The molecule has 2 atom stereocenters. The predicted molar refractivity (Wildman–Crippen MR) is 73.8 cm³/mol. The van der Waals surface area contributed by atoms with Gasteiger partial charge in [0.15, 0.2) is 0 Å². The molecule has 100 valence electrons. The first kappa shape index (κ1) is 13.4. The first-order valence-electron chi connectivity index (χ1n) is 6.66. The van der Waals surface area contributed by atoms with Crippen LogP contribution in [0, 0.1) is 18.3 Å². The van der Waals surface area contributed by atoms with Gasteiger partial charge in [0, 0.05) is 5.56 Å². The Balaban J connectivity index is 2.50. The number of hydrogen-bond acceptors (Lipinski definition) is 2. The van der Waals surface area contributed by atoms with Crippen LogP contribution < -0.4 is 4.74 Å². The third-order valence-corrected chi connectivity index (χ3v) is 4.24. The molecule has 0 bridgehead atoms. The molecule has 18 heavy (non-hydrogen) atoms. The van der Waals surface area contributed by atoms with E-state index in [4.69, 9.17) is 4.74 Å². The maximum atomic E-state index is 11.1. The minimum Gasteiger partial charge on any atom is -0.496 e. The van der Waals surface area contributed by atoms with E-state index in [2.05, 4.69) is 33.8 Å². The van der Waals surface area contributed by atoms with Crippen molar-refractivity contribution in [2.24, 2.45) is 11.3 Å². The molecule has 1 aromatic rings. The van der Waals surface area contributed by atoms with Crippen molar-refractivity contribution in [1.29, 1.82) is 0 Å². The first-order valence-corrected chi connectivity index (χ1v) is 6.66. The van der Waals surface area contributed by atoms with E-state index in [0.29, 0.717) is 0 Å². The summed E-state index contributed by atoms with van der Waals surface area (Å²) >= 11 is 0. The number of aryl methyl sites for hydroxylation is 1. The smallest absolute Gasteiger partial charge is 0.124 e. The second-order valence-electron chi connectivity index (χ2n) is 6.57. The number of hydrogen-bond donors (Lipinski definition) is 1. The second-order valence-corrected chi connectivity index (χ2v) is 6.57. The Kier molecular flexibility index (Phi) is 3.18. The average Bonchev–Trinajstić information content (AvgIpc) is 2.48. The Bertz CT molecular complexity index is 450. The van der Waals surface area contributed by atoms with E-state index in [9.17, 15) is 5.11 Å². The van der Waals surface area contributed by atoms with Gasteiger partial charge in [0.2, 0.25) is 0 Å². The third-order valence-electron chi connectivity index (χ3n) is 4.24. The zero-order valence-electron chi connectivity index (χ0n) is 12.1. The molecule has 0 radical (unpaired) electrons. The van der Waals surface area contributed by atoms with Crippen molar-refractivity contribution < 1.29 is 9.84 Å². The largest absolute Gasteiger partial charge is 0.496 e. The quantitative estimate of drug-likeness (QED) is 0.865. The fraction of sp³-hybridized carbons (Fsp3) is 0.625. The molecule has 0 heterocycles. The molecule has 2 heteroatoms. The van der Waals surface area contributed by atoms with Crippen molar-refractivity contribution >= 4 is 0 Å². The van der Waals surface area contributed by atoms with E-state index in [1.165, 1.54) is 0 Å². The van der Waals surface area contributed by atoms with Gasteiger partial charge < -0.3 is 9.84 Å². The summed E-state index contributed by atoms with van der Waals surface area (Å²) in [5.74, 6) is 1.05. The number of ether oxygens (including phenoxy) is 1. The van der Waals surface area contributed by atoms with Crippen molar-refractivity contribution in [2.45, 2.75) is 46.1 Å². The van der Waals surface area contributed by atoms with Crippen molar-refractivity contribution in [3.8, 4) is 5.75 Å². The fourth-order valence-corrected chi connectivity index (χ4v) is 3.49. The van der Waals surface area contributed by atoms with Crippen molar-refractivity contribution in [3.05, 3.63) is 29.3 Å². The van der Waals surface area contributed by atoms with Gasteiger partial charge in [-0.1, -0.05) is 32.4 Å². The zero-order valence-corrected chi connectivity index (χ0v) is 12.1. The number of rotatable bonds is 2. The number of benzene rings is 1. The highest BCUT2D eigenvalue weighted by Crippen LogP contribution is 2.54. The van der Waals surface area contributed by atoms with Crippen LogP contribution in [-0.4, -0.2) is 12.2 Å². The van der Waals surface area contributed by atoms with Gasteiger partial charge >= 0.3 is 0 Å². The van der Waals surface area contributed by atoms with Crippen LogP contribution in [0.3, 0.4) is 0 Å². The molecule has 1 aliphatic rings. The Labute approximate surface area is 110 Å². The van der Waals surface area contributed by atoms with Crippen LogP contribution >= 0.6 is 0 Å². The van der Waals surface area contributed by atoms with Gasteiger partial charge in [-0.05, 0) is 43.2 Å². The molecule has 0 aliphatic heterocycles. The normalized spacial score (nSPS) is 30.4. The van der Waals surface area contributed by atoms with Crippen molar-refractivity contribution in [1.82, 2.24) is 0 Å². The SMILES string of the molecule is COc1ccc(C)cc1C1(O)CC(C)(C)CC1C. The van der Waals surface area contributed by atoms with Crippen molar-refractivity contribution in [3.63, 3.8) is 0 Å². The van der Waals surface area contributed by atoms with E-state index < -0.39 is 5.60 Å². The highest BCUT2D eigenvalue weighted by atomic mass is 16.5. The molecular formula is C16H24O2. The summed E-state index contributed by atoms with van der Waals surface area (Å²) < 4.78 is 5.43. The molecule has 0 aromatic heterocycles. The third kappa shape index (κ3) is 2.14. The summed E-state index contributed by atoms with van der Waals surface area (Å²) in [6.07, 6.45) is 1.83. The fourth-order valence-electron chi connectivity index (χ4n) is 3.49. The van der Waals surface area contributed by atoms with Crippen LogP contribution in [0.5, 0.6) is 5.75 Å². The van der Waals surface area contributed by atoms with E-state index in [0.717, 1.165) is 29.7 Å². The average molecular weight is 248 g/mol. The maximum absolute atomic E-state index is 11.1. The molecule has 2 rings (SSSR count). The molecule has 2 nitrogen and oxygen atoms in total. The molecule has 1 saturated carbocycles. The second kappa shape index (κ2) is 4.27. The lowest BCUT2D eigenvalue weighted by atomic mass is 9.82. The molecule has 0 amide bonds. The van der Waals surface area contributed by atoms with E-state index in [-0.39, 0.29) is 11.3 Å². The summed E-state index contributed by atoms with van der Waals surface area (Å²) in [6.45, 7) is 8.64. The molecule has 1 fully saturated rings. The summed E-state index contributed by atoms with van der Waals surface area (Å²) in [4.78, 5) is 0. The van der Waals surface area contributed by atoms with Crippen LogP contribution in [0.15, 0.2) is 18.2 Å². The van der Waals surface area contributed by atoms with Crippen LogP contribution in [-0.2, 0) is 5.60 Å². The molecule has 0 spiro atoms. The molecule has 2 unspecified atom stereocenters. The first-order chi connectivity index (χ1) is 8.28. The maximum Gasteiger partial charge on any atom is 0.124 e. The number of aliphatic hydroxyl groups is 1. The monoisotopic (exact) mass is 248 g/mol. The van der Waals surface area contributed by atoms with Crippen molar-refractivity contribution in [2.75, 3.05) is 7.11 Å². The molecule has 0 saturated heterocycles. The lowest BCUT2D eigenvalue weighted by Crippen LogP contribution is -2.29. The Hall–Kier alpha value is -1.02. The van der Waals surface area contributed by atoms with Gasteiger partial charge in [0.1, 0.15) is 5.75 Å².